The Morgan fingerprint density at radius 3 is 2.46 bits per heavy atom. The van der Waals surface area contributed by atoms with Crippen molar-refractivity contribution in [3.8, 4) is 0 Å². The lowest BCUT2D eigenvalue weighted by Gasteiger charge is -2.06. The Bertz CT molecular complexity index is 279. The van der Waals surface area contributed by atoms with Crippen molar-refractivity contribution in [1.82, 2.24) is 4.98 Å². The van der Waals surface area contributed by atoms with Gasteiger partial charge in [-0.2, -0.15) is 13.2 Å². The predicted molar refractivity (Wildman–Crippen MR) is 47.8 cm³/mol. The van der Waals surface area contributed by atoms with Gasteiger partial charge >= 0.3 is 5.51 Å². The molecule has 0 aromatic carbocycles. The van der Waals surface area contributed by atoms with Crippen molar-refractivity contribution in [3.63, 3.8) is 0 Å². The molecule has 0 saturated heterocycles. The summed E-state index contributed by atoms with van der Waals surface area (Å²) >= 11 is -0.260. The molecule has 1 heterocycles. The van der Waals surface area contributed by atoms with Gasteiger partial charge < -0.3 is 5.73 Å². The summed E-state index contributed by atoms with van der Waals surface area (Å²) in [6.45, 7) is 0. The highest BCUT2D eigenvalue weighted by Gasteiger charge is 2.30. The van der Waals surface area contributed by atoms with E-state index in [1.807, 2.05) is 0 Å². The highest BCUT2D eigenvalue weighted by molar-refractivity contribution is 8.00. The molecule has 0 unspecified atom stereocenters. The zero-order valence-corrected chi connectivity index (χ0v) is 7.84. The van der Waals surface area contributed by atoms with Crippen LogP contribution in [-0.2, 0) is 0 Å². The Kier molecular flexibility index (Phi) is 4.35. The molecule has 74 valence electrons. The first kappa shape index (κ1) is 12.4. The lowest BCUT2D eigenvalue weighted by molar-refractivity contribution is -0.0328. The van der Waals surface area contributed by atoms with Gasteiger partial charge in [-0.1, -0.05) is 0 Å². The topological polar surface area (TPSA) is 38.9 Å². The van der Waals surface area contributed by atoms with Crippen LogP contribution in [-0.4, -0.2) is 10.5 Å². The Morgan fingerprint density at radius 2 is 2.00 bits per heavy atom. The maximum atomic E-state index is 11.8. The molecule has 0 spiro atoms. The molecule has 2 nitrogen and oxygen atoms in total. The molecule has 1 aromatic rings. The minimum atomic E-state index is -4.31. The van der Waals surface area contributed by atoms with Crippen molar-refractivity contribution in [2.24, 2.45) is 0 Å². The van der Waals surface area contributed by atoms with Crippen LogP contribution in [0.3, 0.4) is 0 Å². The molecule has 0 bridgehead atoms. The van der Waals surface area contributed by atoms with Crippen LogP contribution in [0.1, 0.15) is 0 Å². The monoisotopic (exact) mass is 230 g/mol. The summed E-state index contributed by atoms with van der Waals surface area (Å²) in [6, 6.07) is 2.69. The minimum absolute atomic E-state index is 0. The standard InChI is InChI=1S/C6H5F3N2S.ClH/c7-6(8,9)12-4-2-1-3-11-5(4)10;/h1-3H,(H2,10,11);1H. The average Bonchev–Trinajstić information content (AvgIpc) is 1.91. The quantitative estimate of drug-likeness (QED) is 0.754. The van der Waals surface area contributed by atoms with Gasteiger partial charge in [0, 0.05) is 6.20 Å². The number of thioether (sulfide) groups is 1. The Hall–Kier alpha value is -0.620. The Labute approximate surface area is 83.1 Å². The summed E-state index contributed by atoms with van der Waals surface area (Å²) in [7, 11) is 0. The first-order chi connectivity index (χ1) is 5.49. The third-order valence-corrected chi connectivity index (χ3v) is 1.82. The van der Waals surface area contributed by atoms with E-state index in [1.54, 1.807) is 0 Å². The van der Waals surface area contributed by atoms with Gasteiger partial charge in [-0.15, -0.1) is 12.4 Å². The molecular formula is C6H6ClF3N2S. The molecular weight excluding hydrogens is 225 g/mol. The van der Waals surface area contributed by atoms with Gasteiger partial charge in [-0.3, -0.25) is 0 Å². The number of hydrogen-bond donors (Lipinski definition) is 1. The van der Waals surface area contributed by atoms with E-state index in [-0.39, 0.29) is 34.9 Å². The van der Waals surface area contributed by atoms with Gasteiger partial charge in [0.15, 0.2) is 0 Å². The van der Waals surface area contributed by atoms with Crippen molar-refractivity contribution in [2.45, 2.75) is 10.4 Å². The van der Waals surface area contributed by atoms with E-state index in [4.69, 9.17) is 5.73 Å². The molecule has 0 aliphatic rings. The molecule has 2 N–H and O–H groups in total. The molecule has 0 radical (unpaired) electrons. The second-order valence-electron chi connectivity index (χ2n) is 1.93. The van der Waals surface area contributed by atoms with Gasteiger partial charge in [-0.05, 0) is 23.9 Å². The molecule has 1 aromatic heterocycles. The lowest BCUT2D eigenvalue weighted by atomic mass is 10.5. The van der Waals surface area contributed by atoms with E-state index in [1.165, 1.54) is 18.3 Å². The van der Waals surface area contributed by atoms with Gasteiger partial charge in [0.25, 0.3) is 0 Å². The fraction of sp³-hybridized carbons (Fsp3) is 0.167. The van der Waals surface area contributed by atoms with E-state index < -0.39 is 5.51 Å². The Balaban J connectivity index is 0.00000144. The number of pyridine rings is 1. The molecule has 13 heavy (non-hydrogen) atoms. The number of nitrogens with two attached hydrogens (primary N) is 1. The maximum absolute atomic E-state index is 11.8. The van der Waals surface area contributed by atoms with E-state index in [0.717, 1.165) is 0 Å². The molecule has 0 aliphatic carbocycles. The fourth-order valence-corrected chi connectivity index (χ4v) is 1.17. The van der Waals surface area contributed by atoms with Crippen molar-refractivity contribution in [1.29, 1.82) is 0 Å². The second-order valence-corrected chi connectivity index (χ2v) is 3.04. The van der Waals surface area contributed by atoms with Crippen molar-refractivity contribution in [2.75, 3.05) is 5.73 Å². The molecule has 7 heteroatoms. The predicted octanol–water partition coefficient (Wildman–Crippen LogP) is 2.70. The first-order valence-corrected chi connectivity index (χ1v) is 3.77. The zero-order valence-electron chi connectivity index (χ0n) is 6.21. The summed E-state index contributed by atoms with van der Waals surface area (Å²) in [5.41, 5.74) is 0.887. The molecule has 0 aliphatic heterocycles. The van der Waals surface area contributed by atoms with E-state index >= 15 is 0 Å². The van der Waals surface area contributed by atoms with Crippen LogP contribution in [0.4, 0.5) is 19.0 Å². The van der Waals surface area contributed by atoms with E-state index in [2.05, 4.69) is 4.98 Å². The number of anilines is 1. The molecule has 0 fully saturated rings. The highest BCUT2D eigenvalue weighted by atomic mass is 35.5. The van der Waals surface area contributed by atoms with Gasteiger partial charge in [0.05, 0.1) is 4.90 Å². The summed E-state index contributed by atoms with van der Waals surface area (Å²) in [5, 5.41) is 0. The lowest BCUT2D eigenvalue weighted by Crippen LogP contribution is -2.01. The average molecular weight is 231 g/mol. The molecule has 0 saturated carbocycles. The van der Waals surface area contributed by atoms with Crippen molar-refractivity contribution >= 4 is 30.0 Å². The summed E-state index contributed by atoms with van der Waals surface area (Å²) in [4.78, 5) is 3.46. The number of aromatic nitrogens is 1. The zero-order chi connectivity index (χ0) is 9.19. The number of rotatable bonds is 1. The SMILES string of the molecule is Cl.Nc1ncccc1SC(F)(F)F. The third kappa shape index (κ3) is 4.23. The summed E-state index contributed by atoms with van der Waals surface area (Å²) in [5.74, 6) is -0.0974. The third-order valence-electron chi connectivity index (χ3n) is 1.03. The molecule has 0 amide bonds. The van der Waals surface area contributed by atoms with Gasteiger partial charge in [0.2, 0.25) is 0 Å². The molecule has 0 atom stereocenters. The highest BCUT2D eigenvalue weighted by Crippen LogP contribution is 2.38. The van der Waals surface area contributed by atoms with Crippen molar-refractivity contribution < 1.29 is 13.2 Å². The van der Waals surface area contributed by atoms with E-state index in [0.29, 0.717) is 0 Å². The number of alkyl halides is 3. The van der Waals surface area contributed by atoms with Crippen LogP contribution in [0, 0.1) is 0 Å². The number of halogens is 4. The van der Waals surface area contributed by atoms with Crippen LogP contribution >= 0.6 is 24.2 Å². The number of nitrogens with zero attached hydrogens (tertiary/aromatic N) is 1. The van der Waals surface area contributed by atoms with Gasteiger partial charge in [-0.25, -0.2) is 4.98 Å². The smallest absolute Gasteiger partial charge is 0.383 e. The van der Waals surface area contributed by atoms with E-state index in [9.17, 15) is 13.2 Å². The summed E-state index contributed by atoms with van der Waals surface area (Å²) in [6.07, 6.45) is 1.34. The van der Waals surface area contributed by atoms with Crippen LogP contribution in [0.5, 0.6) is 0 Å². The minimum Gasteiger partial charge on any atom is -0.383 e. The maximum Gasteiger partial charge on any atom is 0.446 e. The first-order valence-electron chi connectivity index (χ1n) is 2.95. The van der Waals surface area contributed by atoms with Crippen LogP contribution in [0.25, 0.3) is 0 Å². The summed E-state index contributed by atoms with van der Waals surface area (Å²) < 4.78 is 35.4. The normalized spacial score (nSPS) is 10.7. The van der Waals surface area contributed by atoms with Crippen LogP contribution in [0.15, 0.2) is 23.2 Å². The molecule has 1 rings (SSSR count). The van der Waals surface area contributed by atoms with Gasteiger partial charge in [0.1, 0.15) is 5.82 Å². The van der Waals surface area contributed by atoms with Crippen molar-refractivity contribution in [3.05, 3.63) is 18.3 Å². The Morgan fingerprint density at radius 1 is 1.38 bits per heavy atom. The largest absolute Gasteiger partial charge is 0.446 e. The second kappa shape index (κ2) is 4.57. The number of hydrogen-bond acceptors (Lipinski definition) is 3. The van der Waals surface area contributed by atoms with Crippen LogP contribution < -0.4 is 5.73 Å². The van der Waals surface area contributed by atoms with Crippen LogP contribution in [0.2, 0.25) is 0 Å². The number of nitrogen functional groups attached to an aromatic ring is 1. The fourth-order valence-electron chi connectivity index (χ4n) is 0.614.